The van der Waals surface area contributed by atoms with E-state index < -0.39 is 0 Å². The fraction of sp³-hybridized carbons (Fsp3) is 0.692. The second-order valence-electron chi connectivity index (χ2n) is 5.57. The lowest BCUT2D eigenvalue weighted by Crippen LogP contribution is -2.29. The number of carbonyl (C=O) groups excluding carboxylic acids is 2. The average Bonchev–Trinajstić information content (AvgIpc) is 2.97. The highest BCUT2D eigenvalue weighted by Gasteiger charge is 2.68. The van der Waals surface area contributed by atoms with Crippen molar-refractivity contribution >= 4 is 11.9 Å². The molecule has 4 aliphatic rings. The van der Waals surface area contributed by atoms with Crippen LogP contribution in [0.25, 0.3) is 0 Å². The highest BCUT2D eigenvalue weighted by atomic mass is 16.6. The van der Waals surface area contributed by atoms with Crippen molar-refractivity contribution in [1.29, 1.82) is 0 Å². The molecule has 0 amide bonds. The number of rotatable bonds is 1. The van der Waals surface area contributed by atoms with Gasteiger partial charge in [0.05, 0.1) is 18.9 Å². The maximum Gasteiger partial charge on any atom is 0.310 e. The van der Waals surface area contributed by atoms with Crippen molar-refractivity contribution in [2.24, 2.45) is 35.5 Å². The van der Waals surface area contributed by atoms with Gasteiger partial charge in [0.15, 0.2) is 0 Å². The second-order valence-corrected chi connectivity index (χ2v) is 5.57. The van der Waals surface area contributed by atoms with Crippen LogP contribution in [-0.4, -0.2) is 25.2 Å². The minimum absolute atomic E-state index is 0.0459. The zero-order valence-corrected chi connectivity index (χ0v) is 9.54. The number of hydrogen-bond donors (Lipinski definition) is 0. The summed E-state index contributed by atoms with van der Waals surface area (Å²) in [5, 5.41) is 0. The smallest absolute Gasteiger partial charge is 0.310 e. The Labute approximate surface area is 99.0 Å². The molecule has 3 fully saturated rings. The summed E-state index contributed by atoms with van der Waals surface area (Å²) in [7, 11) is 1.39. The van der Waals surface area contributed by atoms with E-state index in [0.717, 1.165) is 6.42 Å². The Balaban J connectivity index is 1.81. The van der Waals surface area contributed by atoms with Crippen molar-refractivity contribution in [3.05, 3.63) is 12.2 Å². The summed E-state index contributed by atoms with van der Waals surface area (Å²) in [4.78, 5) is 23.8. The monoisotopic (exact) mass is 234 g/mol. The van der Waals surface area contributed by atoms with Gasteiger partial charge in [-0.25, -0.2) is 0 Å². The number of methoxy groups -OCH3 is 1. The van der Waals surface area contributed by atoms with Crippen molar-refractivity contribution < 1.29 is 19.1 Å². The standard InChI is InChI=1S/C13H14O4/c1-16-12(14)9-6-3-2-5-4-7-10(8(5)6)11(9)13(15)17-7/h2-3,5-11H,4H2,1H3/t5-,6-,7+,8-,9-,10+,11+/m0/s1. The van der Waals surface area contributed by atoms with E-state index in [1.807, 2.05) is 0 Å². The zero-order chi connectivity index (χ0) is 11.7. The average molecular weight is 234 g/mol. The van der Waals surface area contributed by atoms with Crippen LogP contribution in [0.15, 0.2) is 12.2 Å². The van der Waals surface area contributed by atoms with Crippen LogP contribution in [0, 0.1) is 35.5 Å². The van der Waals surface area contributed by atoms with E-state index in [1.54, 1.807) is 0 Å². The van der Waals surface area contributed by atoms with Gasteiger partial charge in [-0.05, 0) is 24.2 Å². The molecule has 0 aromatic heterocycles. The Morgan fingerprint density at radius 3 is 3.00 bits per heavy atom. The van der Waals surface area contributed by atoms with E-state index in [2.05, 4.69) is 12.2 Å². The molecule has 1 aliphatic heterocycles. The van der Waals surface area contributed by atoms with Crippen molar-refractivity contribution in [3.8, 4) is 0 Å². The third kappa shape index (κ3) is 0.956. The molecule has 1 saturated heterocycles. The molecule has 1 heterocycles. The summed E-state index contributed by atoms with van der Waals surface area (Å²) in [6, 6.07) is 0. The Morgan fingerprint density at radius 2 is 2.24 bits per heavy atom. The topological polar surface area (TPSA) is 52.6 Å². The largest absolute Gasteiger partial charge is 0.469 e. The third-order valence-corrected chi connectivity index (χ3v) is 5.13. The van der Waals surface area contributed by atoms with Crippen LogP contribution in [0.2, 0.25) is 0 Å². The highest BCUT2D eigenvalue weighted by Crippen LogP contribution is 2.63. The van der Waals surface area contributed by atoms with Gasteiger partial charge in [0.25, 0.3) is 0 Å². The van der Waals surface area contributed by atoms with E-state index in [0.29, 0.717) is 11.8 Å². The summed E-state index contributed by atoms with van der Waals surface area (Å²) in [6.45, 7) is 0. The highest BCUT2D eigenvalue weighted by molar-refractivity contribution is 5.85. The van der Waals surface area contributed by atoms with E-state index in [4.69, 9.17) is 9.47 Å². The van der Waals surface area contributed by atoms with Gasteiger partial charge in [-0.2, -0.15) is 0 Å². The summed E-state index contributed by atoms with van der Waals surface area (Å²) in [6.07, 6.45) is 5.31. The summed E-state index contributed by atoms with van der Waals surface area (Å²) in [5.41, 5.74) is 0. The van der Waals surface area contributed by atoms with Crippen molar-refractivity contribution in [2.75, 3.05) is 7.11 Å². The molecule has 4 nitrogen and oxygen atoms in total. The Morgan fingerprint density at radius 1 is 1.41 bits per heavy atom. The number of allylic oxidation sites excluding steroid dienone is 2. The lowest BCUT2D eigenvalue weighted by molar-refractivity contribution is -0.155. The Hall–Kier alpha value is -1.32. The molecule has 0 radical (unpaired) electrons. The molecule has 4 heteroatoms. The Kier molecular flexibility index (Phi) is 1.66. The summed E-state index contributed by atoms with van der Waals surface area (Å²) in [5.74, 6) is 0.373. The lowest BCUT2D eigenvalue weighted by Gasteiger charge is -2.18. The van der Waals surface area contributed by atoms with Crippen molar-refractivity contribution in [3.63, 3.8) is 0 Å². The van der Waals surface area contributed by atoms with Gasteiger partial charge in [0.1, 0.15) is 6.10 Å². The maximum absolute atomic E-state index is 11.9. The van der Waals surface area contributed by atoms with Crippen molar-refractivity contribution in [2.45, 2.75) is 12.5 Å². The van der Waals surface area contributed by atoms with Crippen LogP contribution >= 0.6 is 0 Å². The summed E-state index contributed by atoms with van der Waals surface area (Å²) >= 11 is 0. The molecule has 7 atom stereocenters. The molecule has 0 spiro atoms. The molecule has 0 aromatic rings. The molecule has 90 valence electrons. The van der Waals surface area contributed by atoms with E-state index in [1.165, 1.54) is 7.11 Å². The number of ether oxygens (including phenoxy) is 2. The van der Waals surface area contributed by atoms with Crippen LogP contribution in [-0.2, 0) is 19.1 Å². The van der Waals surface area contributed by atoms with Gasteiger partial charge < -0.3 is 9.47 Å². The van der Waals surface area contributed by atoms with E-state index in [9.17, 15) is 9.59 Å². The minimum Gasteiger partial charge on any atom is -0.469 e. The van der Waals surface area contributed by atoms with Crippen LogP contribution in [0.1, 0.15) is 6.42 Å². The first-order valence-electron chi connectivity index (χ1n) is 6.19. The first-order chi connectivity index (χ1) is 8.22. The fourth-order valence-corrected chi connectivity index (χ4v) is 4.67. The third-order valence-electron chi connectivity index (χ3n) is 5.13. The normalized spacial score (nSPS) is 52.8. The number of carbonyl (C=O) groups is 2. The lowest BCUT2D eigenvalue weighted by atomic mass is 9.87. The van der Waals surface area contributed by atoms with Crippen LogP contribution in [0.3, 0.4) is 0 Å². The molecule has 2 saturated carbocycles. The number of hydrogen-bond acceptors (Lipinski definition) is 4. The first-order valence-corrected chi connectivity index (χ1v) is 6.19. The van der Waals surface area contributed by atoms with Gasteiger partial charge in [0, 0.05) is 5.92 Å². The fourth-order valence-electron chi connectivity index (χ4n) is 4.67. The molecule has 0 N–H and O–H groups in total. The van der Waals surface area contributed by atoms with E-state index in [-0.39, 0.29) is 41.7 Å². The second kappa shape index (κ2) is 2.92. The first kappa shape index (κ1) is 9.68. The molecular weight excluding hydrogens is 220 g/mol. The van der Waals surface area contributed by atoms with Crippen LogP contribution in [0.4, 0.5) is 0 Å². The molecular formula is C13H14O4. The quantitative estimate of drug-likeness (QED) is 0.496. The molecule has 0 aromatic carbocycles. The zero-order valence-electron chi connectivity index (χ0n) is 9.54. The molecule has 3 aliphatic carbocycles. The van der Waals surface area contributed by atoms with Gasteiger partial charge >= 0.3 is 11.9 Å². The predicted octanol–water partition coefficient (Wildman–Crippen LogP) is 0.769. The molecule has 0 unspecified atom stereocenters. The van der Waals surface area contributed by atoms with Gasteiger partial charge in [0.2, 0.25) is 0 Å². The van der Waals surface area contributed by atoms with E-state index >= 15 is 0 Å². The molecule has 17 heavy (non-hydrogen) atoms. The predicted molar refractivity (Wildman–Crippen MR) is 56.6 cm³/mol. The minimum atomic E-state index is -0.311. The van der Waals surface area contributed by atoms with Crippen LogP contribution < -0.4 is 0 Å². The molecule has 4 rings (SSSR count). The van der Waals surface area contributed by atoms with Gasteiger partial charge in [-0.15, -0.1) is 0 Å². The summed E-state index contributed by atoms with van der Waals surface area (Å²) < 4.78 is 10.3. The van der Waals surface area contributed by atoms with Crippen LogP contribution in [0.5, 0.6) is 0 Å². The Bertz CT molecular complexity index is 441. The maximum atomic E-state index is 11.9. The number of esters is 2. The molecule has 0 bridgehead atoms. The van der Waals surface area contributed by atoms with Crippen molar-refractivity contribution in [1.82, 2.24) is 0 Å². The SMILES string of the molecule is COC(=O)[C@H]1[C@H]2C=C[C@H]3C[C@H]4OC(=O)[C@H]1[C@H]4[C@H]23. The van der Waals surface area contributed by atoms with Gasteiger partial charge in [-0.3, -0.25) is 9.59 Å². The van der Waals surface area contributed by atoms with Gasteiger partial charge in [-0.1, -0.05) is 12.2 Å².